The predicted octanol–water partition coefficient (Wildman–Crippen LogP) is 1.78. The number of hydrogen-bond donors (Lipinski definition) is 1. The van der Waals surface area contributed by atoms with E-state index in [-0.39, 0.29) is 18.0 Å². The first-order valence-electron chi connectivity index (χ1n) is 6.68. The van der Waals surface area contributed by atoms with Crippen LogP contribution in [-0.2, 0) is 9.53 Å². The van der Waals surface area contributed by atoms with Crippen molar-refractivity contribution in [1.29, 1.82) is 0 Å². The Kier molecular flexibility index (Phi) is 4.65. The van der Waals surface area contributed by atoms with Gasteiger partial charge in [-0.1, -0.05) is 0 Å². The number of methoxy groups -OCH3 is 2. The first kappa shape index (κ1) is 14.4. The molecule has 0 unspecified atom stereocenters. The molecule has 2 rings (SSSR count). The fourth-order valence-electron chi connectivity index (χ4n) is 2.42. The van der Waals surface area contributed by atoms with Crippen LogP contribution in [0.15, 0.2) is 12.3 Å². The molecular formula is C14H20N2O4. The van der Waals surface area contributed by atoms with Crippen LogP contribution in [0.2, 0.25) is 0 Å². The molecule has 110 valence electrons. The summed E-state index contributed by atoms with van der Waals surface area (Å²) in [6, 6.07) is 1.68. The molecule has 1 aromatic heterocycles. The van der Waals surface area contributed by atoms with Crippen LogP contribution >= 0.6 is 0 Å². The number of nitrogens with zero attached hydrogens (tertiary/aromatic N) is 1. The van der Waals surface area contributed by atoms with E-state index in [1.54, 1.807) is 13.2 Å². The van der Waals surface area contributed by atoms with E-state index in [4.69, 9.17) is 19.9 Å². The maximum absolute atomic E-state index is 11.4. The average molecular weight is 280 g/mol. The summed E-state index contributed by atoms with van der Waals surface area (Å²) >= 11 is 0. The molecule has 6 heteroatoms. The van der Waals surface area contributed by atoms with Crippen molar-refractivity contribution >= 4 is 11.7 Å². The van der Waals surface area contributed by atoms with E-state index in [0.717, 1.165) is 25.7 Å². The first-order valence-corrected chi connectivity index (χ1v) is 6.68. The molecule has 1 aliphatic rings. The number of hydrogen-bond acceptors (Lipinski definition) is 6. The average Bonchev–Trinajstić information content (AvgIpc) is 2.49. The highest BCUT2D eigenvalue weighted by Gasteiger charge is 2.28. The highest BCUT2D eigenvalue weighted by molar-refractivity contribution is 5.72. The molecule has 0 radical (unpaired) electrons. The monoisotopic (exact) mass is 280 g/mol. The maximum atomic E-state index is 11.4. The van der Waals surface area contributed by atoms with Gasteiger partial charge in [0.15, 0.2) is 0 Å². The molecule has 0 atom stereocenters. The molecule has 0 amide bonds. The fourth-order valence-corrected chi connectivity index (χ4v) is 2.42. The highest BCUT2D eigenvalue weighted by Crippen LogP contribution is 2.30. The standard InChI is InChI=1S/C14H20N2O4/c1-18-12-7-13(16-8-11(12)15)20-10-5-3-9(4-6-10)14(17)19-2/h7-10H,3-6,15H2,1-2H3/t9-,10+. The smallest absolute Gasteiger partial charge is 0.308 e. The lowest BCUT2D eigenvalue weighted by atomic mass is 9.87. The SMILES string of the molecule is COc1cc(O[C@H]2CC[C@@H](C(=O)OC)CC2)ncc1N. The van der Waals surface area contributed by atoms with Gasteiger partial charge in [0.1, 0.15) is 11.9 Å². The van der Waals surface area contributed by atoms with Crippen molar-refractivity contribution in [3.63, 3.8) is 0 Å². The summed E-state index contributed by atoms with van der Waals surface area (Å²) in [5, 5.41) is 0. The number of esters is 1. The normalized spacial score (nSPS) is 22.1. The van der Waals surface area contributed by atoms with E-state index in [2.05, 4.69) is 4.98 Å². The molecule has 0 saturated heterocycles. The number of aromatic nitrogens is 1. The van der Waals surface area contributed by atoms with Gasteiger partial charge in [-0.15, -0.1) is 0 Å². The summed E-state index contributed by atoms with van der Waals surface area (Å²) in [4.78, 5) is 15.6. The summed E-state index contributed by atoms with van der Waals surface area (Å²) in [7, 11) is 2.98. The number of carbonyl (C=O) groups excluding carboxylic acids is 1. The van der Waals surface area contributed by atoms with E-state index >= 15 is 0 Å². The molecular weight excluding hydrogens is 260 g/mol. The number of rotatable bonds is 4. The Hall–Kier alpha value is -1.98. The molecule has 1 heterocycles. The van der Waals surface area contributed by atoms with Gasteiger partial charge < -0.3 is 19.9 Å². The third-order valence-corrected chi connectivity index (χ3v) is 3.59. The second-order valence-electron chi connectivity index (χ2n) is 4.88. The first-order chi connectivity index (χ1) is 9.63. The van der Waals surface area contributed by atoms with Gasteiger partial charge in [0, 0.05) is 6.07 Å². The van der Waals surface area contributed by atoms with Crippen LogP contribution in [0.3, 0.4) is 0 Å². The molecule has 20 heavy (non-hydrogen) atoms. The number of nitrogen functional groups attached to an aromatic ring is 1. The zero-order chi connectivity index (χ0) is 14.5. The molecule has 0 aromatic carbocycles. The Bertz CT molecular complexity index is 470. The van der Waals surface area contributed by atoms with Crippen LogP contribution in [0.4, 0.5) is 5.69 Å². The maximum Gasteiger partial charge on any atom is 0.308 e. The molecule has 1 aromatic rings. The number of carbonyl (C=O) groups is 1. The molecule has 1 fully saturated rings. The van der Waals surface area contributed by atoms with Crippen LogP contribution in [0, 0.1) is 5.92 Å². The van der Waals surface area contributed by atoms with E-state index in [0.29, 0.717) is 17.3 Å². The van der Waals surface area contributed by atoms with Crippen molar-refractivity contribution in [2.24, 2.45) is 5.92 Å². The van der Waals surface area contributed by atoms with Gasteiger partial charge in [0.05, 0.1) is 32.0 Å². The fraction of sp³-hybridized carbons (Fsp3) is 0.571. The van der Waals surface area contributed by atoms with Crippen molar-refractivity contribution in [2.45, 2.75) is 31.8 Å². The van der Waals surface area contributed by atoms with Crippen molar-refractivity contribution in [3.8, 4) is 11.6 Å². The highest BCUT2D eigenvalue weighted by atomic mass is 16.5. The quantitative estimate of drug-likeness (QED) is 0.846. The molecule has 1 saturated carbocycles. The van der Waals surface area contributed by atoms with Crippen LogP contribution in [0.5, 0.6) is 11.6 Å². The lowest BCUT2D eigenvalue weighted by Crippen LogP contribution is -2.28. The summed E-state index contributed by atoms with van der Waals surface area (Å²) in [5.74, 6) is 0.917. The Morgan fingerprint density at radius 2 is 2.00 bits per heavy atom. The van der Waals surface area contributed by atoms with Crippen LogP contribution in [0.25, 0.3) is 0 Å². The van der Waals surface area contributed by atoms with Crippen LogP contribution < -0.4 is 15.2 Å². The third kappa shape index (κ3) is 3.31. The van der Waals surface area contributed by atoms with E-state index in [1.807, 2.05) is 0 Å². The van der Waals surface area contributed by atoms with E-state index in [1.165, 1.54) is 13.3 Å². The van der Waals surface area contributed by atoms with Crippen molar-refractivity contribution in [2.75, 3.05) is 20.0 Å². The summed E-state index contributed by atoms with van der Waals surface area (Å²) < 4.78 is 15.7. The van der Waals surface area contributed by atoms with E-state index < -0.39 is 0 Å². The number of anilines is 1. The Balaban J connectivity index is 1.91. The minimum Gasteiger partial charge on any atom is -0.494 e. The Morgan fingerprint density at radius 3 is 2.60 bits per heavy atom. The number of ether oxygens (including phenoxy) is 3. The largest absolute Gasteiger partial charge is 0.494 e. The Morgan fingerprint density at radius 1 is 1.30 bits per heavy atom. The summed E-state index contributed by atoms with van der Waals surface area (Å²) in [6.45, 7) is 0. The van der Waals surface area contributed by atoms with Gasteiger partial charge in [-0.25, -0.2) is 4.98 Å². The van der Waals surface area contributed by atoms with Gasteiger partial charge in [-0.3, -0.25) is 4.79 Å². The third-order valence-electron chi connectivity index (χ3n) is 3.59. The summed E-state index contributed by atoms with van der Waals surface area (Å²) in [5.41, 5.74) is 6.19. The second kappa shape index (κ2) is 6.45. The second-order valence-corrected chi connectivity index (χ2v) is 4.88. The predicted molar refractivity (Wildman–Crippen MR) is 73.6 cm³/mol. The lowest BCUT2D eigenvalue weighted by Gasteiger charge is -2.27. The van der Waals surface area contributed by atoms with Crippen LogP contribution in [-0.4, -0.2) is 31.3 Å². The van der Waals surface area contributed by atoms with Crippen molar-refractivity contribution in [3.05, 3.63) is 12.3 Å². The molecule has 2 N–H and O–H groups in total. The Labute approximate surface area is 118 Å². The topological polar surface area (TPSA) is 83.7 Å². The lowest BCUT2D eigenvalue weighted by molar-refractivity contribution is -0.147. The zero-order valence-corrected chi connectivity index (χ0v) is 11.8. The van der Waals surface area contributed by atoms with Gasteiger partial charge in [0.2, 0.25) is 5.88 Å². The summed E-state index contributed by atoms with van der Waals surface area (Å²) in [6.07, 6.45) is 4.78. The van der Waals surface area contributed by atoms with Crippen LogP contribution in [0.1, 0.15) is 25.7 Å². The molecule has 1 aliphatic carbocycles. The van der Waals surface area contributed by atoms with Gasteiger partial charge in [-0.05, 0) is 25.7 Å². The van der Waals surface area contributed by atoms with E-state index in [9.17, 15) is 4.79 Å². The molecule has 6 nitrogen and oxygen atoms in total. The van der Waals surface area contributed by atoms with Gasteiger partial charge >= 0.3 is 5.97 Å². The van der Waals surface area contributed by atoms with Gasteiger partial charge in [-0.2, -0.15) is 0 Å². The van der Waals surface area contributed by atoms with Crippen molar-refractivity contribution in [1.82, 2.24) is 4.98 Å². The zero-order valence-electron chi connectivity index (χ0n) is 11.8. The number of pyridine rings is 1. The molecule has 0 spiro atoms. The minimum atomic E-state index is -0.129. The van der Waals surface area contributed by atoms with Crippen molar-refractivity contribution < 1.29 is 19.0 Å². The number of nitrogens with two attached hydrogens (primary N) is 1. The molecule has 0 aliphatic heterocycles. The minimum absolute atomic E-state index is 0.00577. The van der Waals surface area contributed by atoms with Gasteiger partial charge in [0.25, 0.3) is 0 Å². The molecule has 0 bridgehead atoms.